The van der Waals surface area contributed by atoms with Gasteiger partial charge in [0.05, 0.1) is 5.69 Å². The molecule has 6 nitrogen and oxygen atoms in total. The Kier molecular flexibility index (Phi) is 5.70. The molecule has 0 saturated carbocycles. The predicted molar refractivity (Wildman–Crippen MR) is 103 cm³/mol. The molecule has 0 aliphatic carbocycles. The molecule has 3 rings (SSSR count). The van der Waals surface area contributed by atoms with Crippen LogP contribution in [-0.2, 0) is 17.8 Å². The first-order chi connectivity index (χ1) is 12.4. The number of nitrogens with zero attached hydrogens (tertiary/aromatic N) is 2. The molecule has 1 aliphatic rings. The Balaban J connectivity index is 1.56. The number of amides is 1. The molecule has 2 aromatic rings. The Labute approximate surface area is 156 Å². The van der Waals surface area contributed by atoms with E-state index in [1.165, 1.54) is 5.56 Å². The van der Waals surface area contributed by atoms with Gasteiger partial charge in [-0.05, 0) is 43.3 Å². The van der Waals surface area contributed by atoms with Crippen molar-refractivity contribution in [2.45, 2.75) is 19.5 Å². The molecular weight excluding hydrogens is 350 g/mol. The molecule has 138 valence electrons. The zero-order chi connectivity index (χ0) is 18.7. The molecule has 7 heteroatoms. The van der Waals surface area contributed by atoms with Crippen molar-refractivity contribution < 1.29 is 13.6 Å². The second-order valence-corrected chi connectivity index (χ2v) is 7.35. The number of carbonyl (C=O) groups is 1. The van der Waals surface area contributed by atoms with E-state index in [-0.39, 0.29) is 5.91 Å². The van der Waals surface area contributed by atoms with Crippen LogP contribution in [0.1, 0.15) is 21.5 Å². The maximum absolute atomic E-state index is 12.6. The van der Waals surface area contributed by atoms with Crippen molar-refractivity contribution in [1.29, 1.82) is 0 Å². The molecule has 1 aliphatic heterocycles. The lowest BCUT2D eigenvalue weighted by Gasteiger charge is -2.44. The molecule has 1 fully saturated rings. The van der Waals surface area contributed by atoms with Gasteiger partial charge in [-0.2, -0.15) is 0 Å². The van der Waals surface area contributed by atoms with Gasteiger partial charge in [0.15, 0.2) is 0 Å². The number of anilines is 1. The Morgan fingerprint density at radius 3 is 2.58 bits per heavy atom. The van der Waals surface area contributed by atoms with Gasteiger partial charge in [-0.3, -0.25) is 19.0 Å². The highest BCUT2D eigenvalue weighted by Crippen LogP contribution is 2.22. The monoisotopic (exact) mass is 373 g/mol. The van der Waals surface area contributed by atoms with Gasteiger partial charge in [-0.15, -0.1) is 0 Å². The summed E-state index contributed by atoms with van der Waals surface area (Å²) in [7, 11) is 2.08. The van der Waals surface area contributed by atoms with E-state index in [0.29, 0.717) is 30.4 Å². The van der Waals surface area contributed by atoms with Crippen LogP contribution in [0.2, 0.25) is 0 Å². The third-order valence-corrected chi connectivity index (χ3v) is 5.11. The Morgan fingerprint density at radius 1 is 1.27 bits per heavy atom. The molecule has 26 heavy (non-hydrogen) atoms. The highest BCUT2D eigenvalue weighted by Gasteiger charge is 2.33. The highest BCUT2D eigenvalue weighted by atomic mass is 32.2. The molecule has 0 aromatic heterocycles. The van der Waals surface area contributed by atoms with Crippen LogP contribution in [0.4, 0.5) is 5.69 Å². The summed E-state index contributed by atoms with van der Waals surface area (Å²) >= 11 is -2.12. The molecule has 1 atom stereocenters. The largest absolute Gasteiger partial charge is 0.335 e. The third-order valence-electron chi connectivity index (χ3n) is 4.72. The molecule has 0 bridgehead atoms. The topological polar surface area (TPSA) is 72.9 Å². The number of hydrogen-bond acceptors (Lipinski definition) is 3. The van der Waals surface area contributed by atoms with Crippen molar-refractivity contribution >= 4 is 22.9 Å². The van der Waals surface area contributed by atoms with Gasteiger partial charge in [-0.1, -0.05) is 30.3 Å². The molecule has 1 unspecified atom stereocenters. The van der Waals surface area contributed by atoms with E-state index < -0.39 is 11.3 Å². The molecular formula is C19H23N3O3S. The van der Waals surface area contributed by atoms with Crippen molar-refractivity contribution in [2.24, 2.45) is 0 Å². The first kappa shape index (κ1) is 18.6. The first-order valence-corrected chi connectivity index (χ1v) is 9.56. The summed E-state index contributed by atoms with van der Waals surface area (Å²) in [6.07, 6.45) is 0. The van der Waals surface area contributed by atoms with Crippen LogP contribution in [0, 0.1) is 6.92 Å². The standard InChI is InChI=1S/C19H23N3O3S/c1-14-10-16(8-9-18(14)20-26(24)25)19(23)22-12-17(13-22)21(2)11-15-6-4-3-5-7-15/h3-10,17,20H,11-13H2,1-2H3,(H,24,25). The number of aryl methyl sites for hydroxylation is 1. The fourth-order valence-corrected chi connectivity index (χ4v) is 3.51. The van der Waals surface area contributed by atoms with Crippen LogP contribution in [0.3, 0.4) is 0 Å². The van der Waals surface area contributed by atoms with Gasteiger partial charge >= 0.3 is 0 Å². The fraction of sp³-hybridized carbons (Fsp3) is 0.316. The minimum atomic E-state index is -2.12. The van der Waals surface area contributed by atoms with Gasteiger partial charge in [-0.25, -0.2) is 4.21 Å². The highest BCUT2D eigenvalue weighted by molar-refractivity contribution is 7.80. The van der Waals surface area contributed by atoms with Gasteiger partial charge in [0.25, 0.3) is 17.2 Å². The summed E-state index contributed by atoms with van der Waals surface area (Å²) in [5.41, 5.74) is 3.17. The maximum Gasteiger partial charge on any atom is 0.259 e. The third kappa shape index (κ3) is 4.30. The number of nitrogens with one attached hydrogen (secondary N) is 1. The molecule has 0 spiro atoms. The quantitative estimate of drug-likeness (QED) is 0.763. The van der Waals surface area contributed by atoms with Gasteiger partial charge in [0.2, 0.25) is 0 Å². The lowest BCUT2D eigenvalue weighted by Crippen LogP contribution is -2.59. The summed E-state index contributed by atoms with van der Waals surface area (Å²) in [5, 5.41) is 0. The minimum Gasteiger partial charge on any atom is -0.335 e. The zero-order valence-corrected chi connectivity index (χ0v) is 15.7. The van der Waals surface area contributed by atoms with Crippen molar-refractivity contribution in [2.75, 3.05) is 24.9 Å². The van der Waals surface area contributed by atoms with E-state index in [0.717, 1.165) is 12.1 Å². The van der Waals surface area contributed by atoms with Crippen LogP contribution in [0.5, 0.6) is 0 Å². The summed E-state index contributed by atoms with van der Waals surface area (Å²) in [6, 6.07) is 15.7. The van der Waals surface area contributed by atoms with Crippen LogP contribution < -0.4 is 4.72 Å². The number of carbonyl (C=O) groups excluding carboxylic acids is 1. The fourth-order valence-electron chi connectivity index (χ4n) is 3.09. The predicted octanol–water partition coefficient (Wildman–Crippen LogP) is 2.50. The maximum atomic E-state index is 12.6. The van der Waals surface area contributed by atoms with Crippen molar-refractivity contribution in [1.82, 2.24) is 9.80 Å². The smallest absolute Gasteiger partial charge is 0.259 e. The number of likely N-dealkylation sites (N-methyl/N-ethyl adjacent to an activating group) is 1. The van der Waals surface area contributed by atoms with E-state index in [9.17, 15) is 9.00 Å². The van der Waals surface area contributed by atoms with Crippen LogP contribution >= 0.6 is 0 Å². The second-order valence-electron chi connectivity index (χ2n) is 6.65. The number of rotatable bonds is 6. The molecule has 1 amide bonds. The van der Waals surface area contributed by atoms with E-state index in [2.05, 4.69) is 28.8 Å². The van der Waals surface area contributed by atoms with Gasteiger partial charge < -0.3 is 4.90 Å². The molecule has 1 heterocycles. The van der Waals surface area contributed by atoms with Crippen LogP contribution in [0.25, 0.3) is 0 Å². The average Bonchev–Trinajstić information content (AvgIpc) is 2.55. The van der Waals surface area contributed by atoms with E-state index in [1.807, 2.05) is 23.1 Å². The first-order valence-electron chi connectivity index (χ1n) is 8.45. The molecule has 2 aromatic carbocycles. The zero-order valence-electron chi connectivity index (χ0n) is 14.9. The van der Waals surface area contributed by atoms with Gasteiger partial charge in [0.1, 0.15) is 0 Å². The summed E-state index contributed by atoms with van der Waals surface area (Å²) in [4.78, 5) is 16.7. The summed E-state index contributed by atoms with van der Waals surface area (Å²) < 4.78 is 22.2. The molecule has 1 saturated heterocycles. The number of benzene rings is 2. The normalized spacial score (nSPS) is 15.6. The second kappa shape index (κ2) is 7.99. The van der Waals surface area contributed by atoms with Crippen molar-refractivity contribution in [3.8, 4) is 0 Å². The lowest BCUT2D eigenvalue weighted by molar-refractivity contribution is 0.0321. The van der Waals surface area contributed by atoms with E-state index >= 15 is 0 Å². The Bertz CT molecular complexity index is 807. The SMILES string of the molecule is Cc1cc(C(=O)N2CC(N(C)Cc3ccccc3)C2)ccc1NS(=O)O. The number of hydrogen-bond donors (Lipinski definition) is 2. The van der Waals surface area contributed by atoms with Gasteiger partial charge in [0, 0.05) is 31.2 Å². The minimum absolute atomic E-state index is 0.00543. The number of likely N-dealkylation sites (tertiary alicyclic amines) is 1. The average molecular weight is 373 g/mol. The van der Waals surface area contributed by atoms with Crippen molar-refractivity contribution in [3.05, 3.63) is 65.2 Å². The summed E-state index contributed by atoms with van der Waals surface area (Å²) in [5.74, 6) is -0.00543. The van der Waals surface area contributed by atoms with Crippen molar-refractivity contribution in [3.63, 3.8) is 0 Å². The Morgan fingerprint density at radius 2 is 1.96 bits per heavy atom. The molecule has 0 radical (unpaired) electrons. The van der Waals surface area contributed by atoms with E-state index in [1.54, 1.807) is 25.1 Å². The lowest BCUT2D eigenvalue weighted by atomic mass is 10.0. The molecule has 2 N–H and O–H groups in total. The Hall–Kier alpha value is -2.22. The summed E-state index contributed by atoms with van der Waals surface area (Å²) in [6.45, 7) is 4.09. The van der Waals surface area contributed by atoms with E-state index in [4.69, 9.17) is 4.55 Å². The van der Waals surface area contributed by atoms with Crippen LogP contribution in [0.15, 0.2) is 48.5 Å². The van der Waals surface area contributed by atoms with Crippen LogP contribution in [-0.4, -0.2) is 50.6 Å².